The molecule has 0 saturated heterocycles. The van der Waals surface area contributed by atoms with E-state index in [-0.39, 0.29) is 24.0 Å². The summed E-state index contributed by atoms with van der Waals surface area (Å²) in [5.41, 5.74) is 2.62. The van der Waals surface area contributed by atoms with Crippen molar-refractivity contribution in [3.63, 3.8) is 0 Å². The number of carbonyl (C=O) groups excluding carboxylic acids is 1. The van der Waals surface area contributed by atoms with Crippen molar-refractivity contribution in [2.75, 3.05) is 7.11 Å². The van der Waals surface area contributed by atoms with Crippen molar-refractivity contribution in [3.05, 3.63) is 70.5 Å². The van der Waals surface area contributed by atoms with Gasteiger partial charge in [0, 0.05) is 11.6 Å². The SMILES string of the molecule is CCc1c(C(=O)NCc2ccc(OC(F)F)c(OC)c2)cnn1-c1cccc(Cl)c1. The second kappa shape index (κ2) is 9.58. The van der Waals surface area contributed by atoms with Crippen LogP contribution in [0.2, 0.25) is 5.02 Å². The third-order valence-electron chi connectivity index (χ3n) is 4.40. The Hall–Kier alpha value is -3.13. The van der Waals surface area contributed by atoms with Gasteiger partial charge in [-0.1, -0.05) is 30.7 Å². The Morgan fingerprint density at radius 1 is 1.23 bits per heavy atom. The predicted molar refractivity (Wildman–Crippen MR) is 109 cm³/mol. The Morgan fingerprint density at radius 3 is 2.70 bits per heavy atom. The molecule has 0 saturated carbocycles. The highest BCUT2D eigenvalue weighted by atomic mass is 35.5. The summed E-state index contributed by atoms with van der Waals surface area (Å²) >= 11 is 6.06. The van der Waals surface area contributed by atoms with Crippen molar-refractivity contribution in [1.82, 2.24) is 15.1 Å². The molecule has 1 N–H and O–H groups in total. The summed E-state index contributed by atoms with van der Waals surface area (Å²) in [5, 5.41) is 7.72. The van der Waals surface area contributed by atoms with E-state index in [1.54, 1.807) is 22.9 Å². The number of ether oxygens (including phenoxy) is 2. The summed E-state index contributed by atoms with van der Waals surface area (Å²) in [6.07, 6.45) is 2.10. The van der Waals surface area contributed by atoms with Gasteiger partial charge in [0.05, 0.1) is 30.3 Å². The number of nitrogens with zero attached hydrogens (tertiary/aromatic N) is 2. The van der Waals surface area contributed by atoms with Crippen molar-refractivity contribution >= 4 is 17.5 Å². The zero-order valence-electron chi connectivity index (χ0n) is 16.4. The Morgan fingerprint density at radius 2 is 2.03 bits per heavy atom. The van der Waals surface area contributed by atoms with E-state index >= 15 is 0 Å². The average molecular weight is 436 g/mol. The van der Waals surface area contributed by atoms with Crippen molar-refractivity contribution in [2.45, 2.75) is 26.5 Å². The number of hydrogen-bond acceptors (Lipinski definition) is 4. The molecule has 0 fully saturated rings. The van der Waals surface area contributed by atoms with Crippen LogP contribution in [0, 0.1) is 0 Å². The highest BCUT2D eigenvalue weighted by Crippen LogP contribution is 2.29. The van der Waals surface area contributed by atoms with Crippen LogP contribution < -0.4 is 14.8 Å². The van der Waals surface area contributed by atoms with E-state index in [9.17, 15) is 13.6 Å². The molecule has 0 aliphatic heterocycles. The number of carbonyl (C=O) groups is 1. The summed E-state index contributed by atoms with van der Waals surface area (Å²) in [7, 11) is 1.35. The molecule has 0 unspecified atom stereocenters. The minimum absolute atomic E-state index is 0.0707. The molecule has 9 heteroatoms. The number of rotatable bonds is 8. The number of benzene rings is 2. The lowest BCUT2D eigenvalue weighted by Gasteiger charge is -2.12. The maximum atomic E-state index is 12.7. The maximum absolute atomic E-state index is 12.7. The highest BCUT2D eigenvalue weighted by molar-refractivity contribution is 6.30. The summed E-state index contributed by atoms with van der Waals surface area (Å²) in [4.78, 5) is 12.7. The molecule has 6 nitrogen and oxygen atoms in total. The van der Waals surface area contributed by atoms with Crippen molar-refractivity contribution in [1.29, 1.82) is 0 Å². The van der Waals surface area contributed by atoms with E-state index < -0.39 is 6.61 Å². The van der Waals surface area contributed by atoms with Crippen molar-refractivity contribution in [2.24, 2.45) is 0 Å². The van der Waals surface area contributed by atoms with Crippen LogP contribution in [0.25, 0.3) is 5.69 Å². The number of amides is 1. The summed E-state index contributed by atoms with van der Waals surface area (Å²) < 4.78 is 36.1. The van der Waals surface area contributed by atoms with Gasteiger partial charge in [0.25, 0.3) is 5.91 Å². The van der Waals surface area contributed by atoms with Crippen LogP contribution >= 0.6 is 11.6 Å². The maximum Gasteiger partial charge on any atom is 0.387 e. The van der Waals surface area contributed by atoms with Crippen molar-refractivity contribution in [3.8, 4) is 17.2 Å². The third kappa shape index (κ3) is 4.88. The Labute approximate surface area is 177 Å². The van der Waals surface area contributed by atoms with Gasteiger partial charge in [-0.25, -0.2) is 4.68 Å². The van der Waals surface area contributed by atoms with Gasteiger partial charge in [0.2, 0.25) is 0 Å². The van der Waals surface area contributed by atoms with Gasteiger partial charge in [-0.15, -0.1) is 0 Å². The Kier molecular flexibility index (Phi) is 6.89. The third-order valence-corrected chi connectivity index (χ3v) is 4.63. The van der Waals surface area contributed by atoms with E-state index in [0.717, 1.165) is 11.4 Å². The fourth-order valence-corrected chi connectivity index (χ4v) is 3.21. The molecule has 158 valence electrons. The fourth-order valence-electron chi connectivity index (χ4n) is 3.03. The first-order valence-corrected chi connectivity index (χ1v) is 9.53. The van der Waals surface area contributed by atoms with Crippen LogP contribution in [-0.2, 0) is 13.0 Å². The number of nitrogens with one attached hydrogen (secondary N) is 1. The molecule has 0 aliphatic carbocycles. The first-order chi connectivity index (χ1) is 14.4. The Balaban J connectivity index is 1.75. The topological polar surface area (TPSA) is 65.4 Å². The van der Waals surface area contributed by atoms with E-state index in [4.69, 9.17) is 16.3 Å². The molecule has 2 aromatic carbocycles. The zero-order valence-corrected chi connectivity index (χ0v) is 17.1. The quantitative estimate of drug-likeness (QED) is 0.560. The van der Waals surface area contributed by atoms with Gasteiger partial charge >= 0.3 is 6.61 Å². The number of hydrogen-bond donors (Lipinski definition) is 1. The van der Waals surface area contributed by atoms with E-state index in [2.05, 4.69) is 15.2 Å². The molecule has 0 bridgehead atoms. The predicted octanol–water partition coefficient (Wildman–Crippen LogP) is 4.63. The molecule has 1 amide bonds. The molecular formula is C21H20ClF2N3O3. The lowest BCUT2D eigenvalue weighted by atomic mass is 10.1. The fraction of sp³-hybridized carbons (Fsp3) is 0.238. The van der Waals surface area contributed by atoms with Gasteiger partial charge in [0.15, 0.2) is 11.5 Å². The second-order valence-electron chi connectivity index (χ2n) is 6.30. The average Bonchev–Trinajstić information content (AvgIpc) is 3.16. The number of alkyl halides is 2. The standard InChI is InChI=1S/C21H20ClF2N3O3/c1-3-17-16(12-26-27(17)15-6-4-5-14(22)10-15)20(28)25-11-13-7-8-18(30-21(23)24)19(9-13)29-2/h4-10,12,21H,3,11H2,1-2H3,(H,25,28). The summed E-state index contributed by atoms with van der Waals surface area (Å²) in [6.45, 7) is -0.843. The monoisotopic (exact) mass is 435 g/mol. The highest BCUT2D eigenvalue weighted by Gasteiger charge is 2.18. The molecule has 3 aromatic rings. The lowest BCUT2D eigenvalue weighted by molar-refractivity contribution is -0.0512. The molecule has 0 aliphatic rings. The number of aromatic nitrogens is 2. The van der Waals surface area contributed by atoms with Crippen LogP contribution in [-0.4, -0.2) is 29.4 Å². The smallest absolute Gasteiger partial charge is 0.387 e. The van der Waals surface area contributed by atoms with Gasteiger partial charge < -0.3 is 14.8 Å². The van der Waals surface area contributed by atoms with Crippen molar-refractivity contribution < 1.29 is 23.0 Å². The molecule has 30 heavy (non-hydrogen) atoms. The largest absolute Gasteiger partial charge is 0.493 e. The van der Waals surface area contributed by atoms with E-state index in [0.29, 0.717) is 22.6 Å². The van der Waals surface area contributed by atoms with E-state index in [1.165, 1.54) is 25.4 Å². The van der Waals surface area contributed by atoms with Crippen LogP contribution in [0.3, 0.4) is 0 Å². The molecule has 0 radical (unpaired) electrons. The molecule has 0 spiro atoms. The van der Waals surface area contributed by atoms with Gasteiger partial charge in [-0.05, 0) is 42.3 Å². The van der Waals surface area contributed by atoms with Gasteiger partial charge in [0.1, 0.15) is 0 Å². The normalized spacial score (nSPS) is 10.9. The zero-order chi connectivity index (χ0) is 21.7. The molecular weight excluding hydrogens is 416 g/mol. The molecule has 3 rings (SSSR count). The van der Waals surface area contributed by atoms with Crippen LogP contribution in [0.4, 0.5) is 8.78 Å². The molecule has 1 aromatic heterocycles. The second-order valence-corrected chi connectivity index (χ2v) is 6.73. The van der Waals surface area contributed by atoms with Gasteiger partial charge in [-0.3, -0.25) is 4.79 Å². The first kappa shape index (κ1) is 21.6. The minimum Gasteiger partial charge on any atom is -0.493 e. The van der Waals surface area contributed by atoms with E-state index in [1.807, 2.05) is 19.1 Å². The van der Waals surface area contributed by atoms with Gasteiger partial charge in [-0.2, -0.15) is 13.9 Å². The molecule has 0 atom stereocenters. The van der Waals surface area contributed by atoms with Crippen LogP contribution in [0.5, 0.6) is 11.5 Å². The lowest BCUT2D eigenvalue weighted by Crippen LogP contribution is -2.23. The number of halogens is 3. The Bertz CT molecular complexity index is 1040. The molecule has 1 heterocycles. The number of methoxy groups -OCH3 is 1. The minimum atomic E-state index is -2.95. The summed E-state index contributed by atoms with van der Waals surface area (Å²) in [6, 6.07) is 11.7. The van der Waals surface area contributed by atoms with Crippen LogP contribution in [0.15, 0.2) is 48.7 Å². The summed E-state index contributed by atoms with van der Waals surface area (Å²) in [5.74, 6) is -0.212. The van der Waals surface area contributed by atoms with Crippen LogP contribution in [0.1, 0.15) is 28.5 Å². The first-order valence-electron chi connectivity index (χ1n) is 9.15.